The van der Waals surface area contributed by atoms with Gasteiger partial charge in [0.25, 0.3) is 0 Å². The van der Waals surface area contributed by atoms with Crippen LogP contribution in [-0.2, 0) is 20.2 Å². The summed E-state index contributed by atoms with van der Waals surface area (Å²) in [5.41, 5.74) is -0.555. The SMILES string of the molecule is CN(Cc1ccc(OP(=O)(OC(C)(C)C)OC(C)(C)C)cc1)C(=O)Cl. The topological polar surface area (TPSA) is 65.1 Å². The molecule has 0 aliphatic rings. The Morgan fingerprint density at radius 1 is 1.04 bits per heavy atom. The summed E-state index contributed by atoms with van der Waals surface area (Å²) in [5.74, 6) is 0.348. The number of rotatable bonds is 6. The lowest BCUT2D eigenvalue weighted by atomic mass is 10.2. The van der Waals surface area contributed by atoms with E-state index in [9.17, 15) is 9.36 Å². The lowest BCUT2D eigenvalue weighted by Crippen LogP contribution is -2.25. The molecule has 0 fully saturated rings. The smallest absolute Gasteiger partial charge is 0.404 e. The van der Waals surface area contributed by atoms with Crippen molar-refractivity contribution in [2.45, 2.75) is 59.3 Å². The number of nitrogens with zero attached hydrogens (tertiary/aromatic N) is 1. The third-order valence-corrected chi connectivity index (χ3v) is 4.90. The van der Waals surface area contributed by atoms with Crippen LogP contribution in [0.25, 0.3) is 0 Å². The van der Waals surface area contributed by atoms with Gasteiger partial charge >= 0.3 is 13.2 Å². The lowest BCUT2D eigenvalue weighted by molar-refractivity contribution is 0.0224. The van der Waals surface area contributed by atoms with Gasteiger partial charge in [-0.1, -0.05) is 12.1 Å². The Balaban J connectivity index is 2.94. The summed E-state index contributed by atoms with van der Waals surface area (Å²) >= 11 is 5.41. The molecule has 0 heterocycles. The Hall–Kier alpha value is -1.07. The van der Waals surface area contributed by atoms with Crippen molar-refractivity contribution in [1.29, 1.82) is 0 Å². The van der Waals surface area contributed by atoms with Crippen LogP contribution in [-0.4, -0.2) is 28.5 Å². The van der Waals surface area contributed by atoms with Crippen LogP contribution in [0.4, 0.5) is 4.79 Å². The number of benzene rings is 1. The number of amides is 1. The van der Waals surface area contributed by atoms with Gasteiger partial charge in [0.15, 0.2) is 0 Å². The average molecular weight is 392 g/mol. The molecule has 0 radical (unpaired) electrons. The predicted octanol–water partition coefficient (Wildman–Crippen LogP) is 5.59. The van der Waals surface area contributed by atoms with Gasteiger partial charge < -0.3 is 9.42 Å². The highest BCUT2D eigenvalue weighted by Crippen LogP contribution is 2.55. The van der Waals surface area contributed by atoms with Crippen molar-refractivity contribution in [3.63, 3.8) is 0 Å². The first-order valence-electron chi connectivity index (χ1n) is 7.90. The Kier molecular flexibility index (Phi) is 7.11. The molecule has 142 valence electrons. The van der Waals surface area contributed by atoms with Gasteiger partial charge in [0, 0.05) is 13.6 Å². The quantitative estimate of drug-likeness (QED) is 0.359. The minimum Gasteiger partial charge on any atom is -0.404 e. The van der Waals surface area contributed by atoms with Gasteiger partial charge in [0.1, 0.15) is 5.75 Å². The second kappa shape index (κ2) is 8.09. The van der Waals surface area contributed by atoms with Gasteiger partial charge in [-0.05, 0) is 70.8 Å². The van der Waals surface area contributed by atoms with Crippen LogP contribution in [0.2, 0.25) is 0 Å². The number of phosphoric acid groups is 1. The summed E-state index contributed by atoms with van der Waals surface area (Å²) in [4.78, 5) is 12.4. The molecule has 0 saturated carbocycles. The number of carbonyl (C=O) groups is 1. The van der Waals surface area contributed by atoms with Crippen LogP contribution in [0.3, 0.4) is 0 Å². The number of halogens is 1. The standard InChI is InChI=1S/C17H27ClNO5P/c1-16(2,3)23-25(21,24-17(4,5)6)22-14-10-8-13(9-11-14)12-19(7)15(18)20/h8-11H,12H2,1-7H3. The summed E-state index contributed by atoms with van der Waals surface area (Å²) in [6.45, 7) is 11.0. The predicted molar refractivity (Wildman–Crippen MR) is 99.1 cm³/mol. The highest BCUT2D eigenvalue weighted by atomic mass is 35.5. The largest absolute Gasteiger partial charge is 0.531 e. The van der Waals surface area contributed by atoms with E-state index in [1.807, 2.05) is 0 Å². The minimum absolute atomic E-state index is 0.348. The summed E-state index contributed by atoms with van der Waals surface area (Å²) in [6, 6.07) is 6.80. The van der Waals surface area contributed by atoms with Crippen LogP contribution in [0.1, 0.15) is 47.1 Å². The van der Waals surface area contributed by atoms with Gasteiger partial charge in [-0.15, -0.1) is 0 Å². The van der Waals surface area contributed by atoms with E-state index in [0.29, 0.717) is 12.3 Å². The maximum Gasteiger partial charge on any atom is 0.531 e. The molecule has 1 amide bonds. The summed E-state index contributed by atoms with van der Waals surface area (Å²) < 4.78 is 29.7. The molecule has 6 nitrogen and oxygen atoms in total. The van der Waals surface area contributed by atoms with E-state index in [0.717, 1.165) is 5.56 Å². The van der Waals surface area contributed by atoms with Crippen LogP contribution in [0.5, 0.6) is 5.75 Å². The van der Waals surface area contributed by atoms with Crippen molar-refractivity contribution >= 4 is 24.8 Å². The van der Waals surface area contributed by atoms with Crippen molar-refractivity contribution in [3.8, 4) is 5.75 Å². The number of hydrogen-bond acceptors (Lipinski definition) is 5. The van der Waals surface area contributed by atoms with E-state index in [1.165, 1.54) is 4.90 Å². The second-order valence-electron chi connectivity index (χ2n) is 7.70. The maximum atomic E-state index is 13.0. The molecular weight excluding hydrogens is 365 g/mol. The first-order valence-corrected chi connectivity index (χ1v) is 9.74. The summed E-state index contributed by atoms with van der Waals surface area (Å²) in [5, 5.41) is -0.540. The van der Waals surface area contributed by atoms with E-state index in [1.54, 1.807) is 72.9 Å². The first kappa shape index (κ1) is 22.0. The third kappa shape index (κ3) is 8.73. The molecule has 0 unspecified atom stereocenters. The lowest BCUT2D eigenvalue weighted by Gasteiger charge is -2.30. The van der Waals surface area contributed by atoms with Crippen molar-refractivity contribution in [3.05, 3.63) is 29.8 Å². The van der Waals surface area contributed by atoms with Gasteiger partial charge in [0.05, 0.1) is 11.2 Å². The molecule has 0 aliphatic carbocycles. The Morgan fingerprint density at radius 3 is 1.84 bits per heavy atom. The molecule has 0 N–H and O–H groups in total. The molecule has 0 atom stereocenters. The molecule has 0 aliphatic heterocycles. The Labute approximate surface area is 155 Å². The monoisotopic (exact) mass is 391 g/mol. The highest BCUT2D eigenvalue weighted by Gasteiger charge is 2.38. The van der Waals surface area contributed by atoms with Crippen molar-refractivity contribution in [1.82, 2.24) is 4.90 Å². The number of phosphoric ester groups is 1. The van der Waals surface area contributed by atoms with Crippen LogP contribution >= 0.6 is 19.4 Å². The van der Waals surface area contributed by atoms with E-state index >= 15 is 0 Å². The van der Waals surface area contributed by atoms with Crippen LogP contribution < -0.4 is 4.52 Å². The molecule has 1 rings (SSSR count). The molecule has 0 bridgehead atoms. The molecular formula is C17H27ClNO5P. The van der Waals surface area contributed by atoms with Crippen molar-refractivity contribution in [2.24, 2.45) is 0 Å². The Bertz CT molecular complexity index is 614. The van der Waals surface area contributed by atoms with E-state index in [2.05, 4.69) is 0 Å². The normalized spacial score (nSPS) is 12.8. The van der Waals surface area contributed by atoms with Crippen molar-refractivity contribution in [2.75, 3.05) is 7.05 Å². The van der Waals surface area contributed by atoms with Crippen molar-refractivity contribution < 1.29 is 22.9 Å². The molecule has 0 saturated heterocycles. The number of carbonyl (C=O) groups excluding carboxylic acids is 1. The van der Waals surface area contributed by atoms with Gasteiger partial charge in [-0.3, -0.25) is 13.8 Å². The molecule has 25 heavy (non-hydrogen) atoms. The van der Waals surface area contributed by atoms with Gasteiger partial charge in [0.2, 0.25) is 0 Å². The zero-order valence-electron chi connectivity index (χ0n) is 15.8. The summed E-state index contributed by atoms with van der Waals surface area (Å²) in [6.07, 6.45) is 0. The fourth-order valence-corrected chi connectivity index (χ4v) is 3.74. The molecule has 0 spiro atoms. The van der Waals surface area contributed by atoms with E-state index in [-0.39, 0.29) is 0 Å². The Morgan fingerprint density at radius 2 is 1.48 bits per heavy atom. The van der Waals surface area contributed by atoms with E-state index < -0.39 is 24.4 Å². The fraction of sp³-hybridized carbons (Fsp3) is 0.588. The average Bonchev–Trinajstić information content (AvgIpc) is 2.35. The maximum absolute atomic E-state index is 13.0. The summed E-state index contributed by atoms with van der Waals surface area (Å²) in [7, 11) is -2.23. The van der Waals surface area contributed by atoms with Crippen LogP contribution in [0.15, 0.2) is 24.3 Å². The molecule has 1 aromatic carbocycles. The molecule has 0 aromatic heterocycles. The zero-order chi connectivity index (χ0) is 19.5. The van der Waals surface area contributed by atoms with Gasteiger partial charge in [-0.2, -0.15) is 0 Å². The second-order valence-corrected chi connectivity index (χ2v) is 9.46. The molecule has 8 heteroatoms. The zero-order valence-corrected chi connectivity index (χ0v) is 17.5. The minimum atomic E-state index is -3.83. The fourth-order valence-electron chi connectivity index (χ4n) is 1.85. The third-order valence-electron chi connectivity index (χ3n) is 2.63. The highest BCUT2D eigenvalue weighted by molar-refractivity contribution is 7.49. The molecule has 1 aromatic rings. The van der Waals surface area contributed by atoms with Gasteiger partial charge in [-0.25, -0.2) is 4.57 Å². The van der Waals surface area contributed by atoms with Crippen LogP contribution in [0, 0.1) is 0 Å². The first-order chi connectivity index (χ1) is 11.2. The van der Waals surface area contributed by atoms with E-state index in [4.69, 9.17) is 25.2 Å². The number of hydrogen-bond donors (Lipinski definition) is 0.